The Labute approximate surface area is 279 Å². The summed E-state index contributed by atoms with van der Waals surface area (Å²) in [5, 5.41) is 11.7. The number of nitrogens with zero attached hydrogens (tertiary/aromatic N) is 3. The smallest absolute Gasteiger partial charge is 0.140 e. The monoisotopic (exact) mass is 765 g/mol. The van der Waals surface area contributed by atoms with Gasteiger partial charge in [-0.2, -0.15) is 0 Å². The van der Waals surface area contributed by atoms with E-state index in [1.165, 1.54) is 16.7 Å². The first-order chi connectivity index (χ1) is 21.3. The second-order valence-electron chi connectivity index (χ2n) is 12.1. The number of aromatic hydroxyl groups is 1. The predicted octanol–water partition coefficient (Wildman–Crippen LogP) is 9.43. The zero-order chi connectivity index (χ0) is 30.4. The Morgan fingerprint density at radius 3 is 2.40 bits per heavy atom. The summed E-state index contributed by atoms with van der Waals surface area (Å²) in [6.07, 6.45) is 1.89. The molecule has 0 saturated heterocycles. The van der Waals surface area contributed by atoms with Gasteiger partial charge in [0, 0.05) is 49.5 Å². The molecule has 0 amide bonds. The largest absolute Gasteiger partial charge is 0.506 e. The zero-order valence-electron chi connectivity index (χ0n) is 25.6. The number of phenols is 1. The molecule has 0 bridgehead atoms. The number of aromatic nitrogens is 2. The standard InChI is InChI=1S/C40H32N3O.Pt/c1-26(2)29-22-23-41-38(25-29)43-35-13-9-8-12-32(35)40(3,4)33-19-16-30(24-36(33)43)34-20-18-31-28(17-21-37(44)39(31)42-34)15-14-27-10-6-5-7-11-27;/h5-13,16-23,25-26,44H,1-4H3;/q-1;. The van der Waals surface area contributed by atoms with Gasteiger partial charge in [0.1, 0.15) is 17.1 Å². The van der Waals surface area contributed by atoms with Gasteiger partial charge in [-0.25, -0.2) is 4.98 Å². The molecule has 0 fully saturated rings. The van der Waals surface area contributed by atoms with Crippen LogP contribution in [0.2, 0.25) is 0 Å². The van der Waals surface area contributed by atoms with E-state index < -0.39 is 0 Å². The van der Waals surface area contributed by atoms with Crippen LogP contribution in [0.3, 0.4) is 0 Å². The number of phenolic OH excluding ortho intramolecular Hbond substituents is 1. The molecule has 0 aliphatic carbocycles. The normalized spacial score (nSPS) is 13.0. The van der Waals surface area contributed by atoms with Gasteiger partial charge in [-0.3, -0.25) is 4.98 Å². The molecule has 0 spiro atoms. The summed E-state index contributed by atoms with van der Waals surface area (Å²) in [6, 6.07) is 38.2. The molecule has 4 aromatic carbocycles. The van der Waals surface area contributed by atoms with E-state index in [2.05, 4.69) is 99.0 Å². The molecular weight excluding hydrogens is 734 g/mol. The molecule has 5 heteroatoms. The summed E-state index contributed by atoms with van der Waals surface area (Å²) in [6.45, 7) is 8.92. The number of benzene rings is 4. The van der Waals surface area contributed by atoms with Gasteiger partial charge in [-0.05, 0) is 76.3 Å². The van der Waals surface area contributed by atoms with Crippen molar-refractivity contribution in [1.82, 2.24) is 9.97 Å². The van der Waals surface area contributed by atoms with Crippen molar-refractivity contribution in [2.24, 2.45) is 0 Å². The molecular formula is C40H32N3OPt-. The van der Waals surface area contributed by atoms with E-state index in [0.29, 0.717) is 11.4 Å². The molecule has 2 aromatic heterocycles. The third kappa shape index (κ3) is 5.43. The SMILES string of the molecule is CC(C)c1ccnc(N2c3[c-]c(-c4ccc5c(C#Cc6ccccc6)ccc(O)c5n4)ccc3C(C)(C)c3ccccc32)c1.[Pt]. The van der Waals surface area contributed by atoms with Crippen LogP contribution in [0.4, 0.5) is 17.2 Å². The van der Waals surface area contributed by atoms with E-state index in [1.54, 1.807) is 6.07 Å². The molecule has 1 aliphatic rings. The number of anilines is 3. The molecule has 7 rings (SSSR count). The van der Waals surface area contributed by atoms with E-state index in [4.69, 9.17) is 9.97 Å². The predicted molar refractivity (Wildman–Crippen MR) is 179 cm³/mol. The number of rotatable bonds is 3. The van der Waals surface area contributed by atoms with Crippen molar-refractivity contribution in [3.8, 4) is 28.8 Å². The summed E-state index contributed by atoms with van der Waals surface area (Å²) < 4.78 is 0. The topological polar surface area (TPSA) is 49.2 Å². The van der Waals surface area contributed by atoms with Crippen LogP contribution in [0.25, 0.3) is 22.2 Å². The van der Waals surface area contributed by atoms with Crippen molar-refractivity contribution < 1.29 is 26.2 Å². The molecule has 0 atom stereocenters. The summed E-state index contributed by atoms with van der Waals surface area (Å²) in [7, 11) is 0. The summed E-state index contributed by atoms with van der Waals surface area (Å²) in [4.78, 5) is 12.0. The molecule has 6 aromatic rings. The van der Waals surface area contributed by atoms with Crippen LogP contribution in [0.15, 0.2) is 109 Å². The van der Waals surface area contributed by atoms with Gasteiger partial charge >= 0.3 is 0 Å². The quantitative estimate of drug-likeness (QED) is 0.144. The fourth-order valence-electron chi connectivity index (χ4n) is 6.05. The van der Waals surface area contributed by atoms with Crippen molar-refractivity contribution in [2.45, 2.75) is 39.0 Å². The zero-order valence-corrected chi connectivity index (χ0v) is 27.8. The molecule has 1 aliphatic heterocycles. The Balaban J connectivity index is 0.00000357. The van der Waals surface area contributed by atoms with Crippen LogP contribution in [-0.2, 0) is 26.5 Å². The summed E-state index contributed by atoms with van der Waals surface area (Å²) >= 11 is 0. The van der Waals surface area contributed by atoms with E-state index in [0.717, 1.165) is 45.0 Å². The van der Waals surface area contributed by atoms with Crippen LogP contribution in [0.1, 0.15) is 61.4 Å². The van der Waals surface area contributed by atoms with Gasteiger partial charge in [-0.1, -0.05) is 93.6 Å². The first kappa shape index (κ1) is 30.3. The van der Waals surface area contributed by atoms with E-state index >= 15 is 0 Å². The fraction of sp³-hybridized carbons (Fsp3) is 0.150. The number of pyridine rings is 2. The minimum absolute atomic E-state index is 0. The summed E-state index contributed by atoms with van der Waals surface area (Å²) in [5.41, 5.74) is 9.27. The summed E-state index contributed by atoms with van der Waals surface area (Å²) in [5.74, 6) is 7.84. The Hall–Kier alpha value is -4.71. The van der Waals surface area contributed by atoms with E-state index in [9.17, 15) is 5.11 Å². The molecule has 0 radical (unpaired) electrons. The number of hydrogen-bond donors (Lipinski definition) is 1. The average molecular weight is 766 g/mol. The Kier molecular flexibility index (Phi) is 8.08. The fourth-order valence-corrected chi connectivity index (χ4v) is 6.05. The average Bonchev–Trinajstić information content (AvgIpc) is 3.05. The third-order valence-corrected chi connectivity index (χ3v) is 8.53. The van der Waals surface area contributed by atoms with Crippen LogP contribution >= 0.6 is 0 Å². The first-order valence-corrected chi connectivity index (χ1v) is 14.9. The van der Waals surface area contributed by atoms with Crippen LogP contribution in [0, 0.1) is 17.9 Å². The molecule has 1 N–H and O–H groups in total. The second-order valence-corrected chi connectivity index (χ2v) is 12.1. The van der Waals surface area contributed by atoms with Gasteiger partial charge in [0.2, 0.25) is 0 Å². The van der Waals surface area contributed by atoms with Crippen molar-refractivity contribution in [3.63, 3.8) is 0 Å². The van der Waals surface area contributed by atoms with Gasteiger partial charge in [0.05, 0.1) is 0 Å². The molecule has 0 saturated carbocycles. The van der Waals surface area contributed by atoms with Crippen LogP contribution in [0.5, 0.6) is 5.75 Å². The van der Waals surface area contributed by atoms with Crippen LogP contribution in [-0.4, -0.2) is 15.1 Å². The maximum atomic E-state index is 10.8. The minimum Gasteiger partial charge on any atom is -0.506 e. The molecule has 45 heavy (non-hydrogen) atoms. The molecule has 4 nitrogen and oxygen atoms in total. The second kappa shape index (κ2) is 12.0. The number of para-hydroxylation sites is 1. The van der Waals surface area contributed by atoms with Gasteiger partial charge in [0.15, 0.2) is 0 Å². The molecule has 0 unspecified atom stereocenters. The van der Waals surface area contributed by atoms with Crippen LogP contribution < -0.4 is 4.90 Å². The maximum absolute atomic E-state index is 10.8. The van der Waals surface area contributed by atoms with Crippen molar-refractivity contribution in [3.05, 3.63) is 143 Å². The molecule has 224 valence electrons. The number of fused-ring (bicyclic) bond motifs is 3. The Morgan fingerprint density at radius 1 is 0.822 bits per heavy atom. The van der Waals surface area contributed by atoms with E-state index in [1.807, 2.05) is 54.7 Å². The number of hydrogen-bond acceptors (Lipinski definition) is 4. The first-order valence-electron chi connectivity index (χ1n) is 14.9. The minimum atomic E-state index is -0.242. The maximum Gasteiger partial charge on any atom is 0.140 e. The van der Waals surface area contributed by atoms with Crippen molar-refractivity contribution in [1.29, 1.82) is 0 Å². The Bertz CT molecular complexity index is 2110. The van der Waals surface area contributed by atoms with Crippen molar-refractivity contribution >= 4 is 28.1 Å². The molecule has 3 heterocycles. The third-order valence-electron chi connectivity index (χ3n) is 8.53. The van der Waals surface area contributed by atoms with Gasteiger partial charge in [-0.15, -0.1) is 23.8 Å². The van der Waals surface area contributed by atoms with Gasteiger partial charge < -0.3 is 10.0 Å². The Morgan fingerprint density at radius 2 is 1.60 bits per heavy atom. The van der Waals surface area contributed by atoms with Crippen molar-refractivity contribution in [2.75, 3.05) is 4.90 Å². The van der Waals surface area contributed by atoms with E-state index in [-0.39, 0.29) is 32.2 Å². The van der Waals surface area contributed by atoms with Gasteiger partial charge in [0.25, 0.3) is 0 Å².